The maximum Gasteiger partial charge on any atom is 0.231 e. The highest BCUT2D eigenvalue weighted by atomic mass is 16.5. The Morgan fingerprint density at radius 3 is 3.00 bits per heavy atom. The van der Waals surface area contributed by atoms with E-state index in [1.807, 2.05) is 0 Å². The first-order chi connectivity index (χ1) is 5.31. The molecule has 0 saturated carbocycles. The van der Waals surface area contributed by atoms with Gasteiger partial charge in [0, 0.05) is 6.08 Å². The van der Waals surface area contributed by atoms with Gasteiger partial charge in [-0.15, -0.1) is 0 Å². The van der Waals surface area contributed by atoms with Crippen LogP contribution in [0.15, 0.2) is 11.8 Å². The molecule has 0 aromatic rings. The van der Waals surface area contributed by atoms with Gasteiger partial charge in [-0.05, 0) is 0 Å². The van der Waals surface area contributed by atoms with E-state index in [1.165, 1.54) is 6.08 Å². The highest BCUT2D eigenvalue weighted by molar-refractivity contribution is 5.83. The normalized spacial score (nSPS) is 31.3. The van der Waals surface area contributed by atoms with Crippen molar-refractivity contribution in [2.24, 2.45) is 0 Å². The number of β-lactam (4-membered cyclic amide) rings is 1. The standard InChI is InChI=1S/C7H7NO3/c9-2-1-5-4-8-6(10)3-7(8)11-5/h1-2,7H,3-4H2/b5-1+. The lowest BCUT2D eigenvalue weighted by Gasteiger charge is -2.30. The Balaban J connectivity index is 2.09. The molecule has 2 aliphatic rings. The number of carbonyl (C=O) groups excluding carboxylic acids is 2. The number of nitrogens with zero attached hydrogens (tertiary/aromatic N) is 1. The number of amides is 1. The number of hydrogen-bond donors (Lipinski definition) is 0. The summed E-state index contributed by atoms with van der Waals surface area (Å²) in [5.74, 6) is 0.695. The molecule has 1 unspecified atom stereocenters. The van der Waals surface area contributed by atoms with Crippen LogP contribution >= 0.6 is 0 Å². The lowest BCUT2D eigenvalue weighted by molar-refractivity contribution is -0.153. The van der Waals surface area contributed by atoms with Crippen molar-refractivity contribution in [2.75, 3.05) is 6.54 Å². The largest absolute Gasteiger partial charge is 0.472 e. The van der Waals surface area contributed by atoms with Gasteiger partial charge in [0.05, 0.1) is 13.0 Å². The molecule has 2 aliphatic heterocycles. The van der Waals surface area contributed by atoms with Gasteiger partial charge in [0.15, 0.2) is 6.23 Å². The van der Waals surface area contributed by atoms with Gasteiger partial charge < -0.3 is 4.74 Å². The number of aldehydes is 1. The molecule has 0 aromatic carbocycles. The van der Waals surface area contributed by atoms with E-state index < -0.39 is 0 Å². The molecule has 0 bridgehead atoms. The van der Waals surface area contributed by atoms with Gasteiger partial charge in [-0.1, -0.05) is 0 Å². The van der Waals surface area contributed by atoms with Crippen LogP contribution in [-0.4, -0.2) is 29.9 Å². The molecule has 1 amide bonds. The minimum Gasteiger partial charge on any atom is -0.472 e. The highest BCUT2D eigenvalue weighted by Crippen LogP contribution is 2.29. The topological polar surface area (TPSA) is 46.6 Å². The van der Waals surface area contributed by atoms with Gasteiger partial charge in [0.25, 0.3) is 0 Å². The van der Waals surface area contributed by atoms with Crippen molar-refractivity contribution >= 4 is 12.2 Å². The zero-order valence-electron chi connectivity index (χ0n) is 5.82. The fourth-order valence-corrected chi connectivity index (χ4v) is 1.27. The summed E-state index contributed by atoms with van der Waals surface area (Å²) in [7, 11) is 0. The third-order valence-corrected chi connectivity index (χ3v) is 1.88. The van der Waals surface area contributed by atoms with E-state index in [1.54, 1.807) is 4.90 Å². The first-order valence-corrected chi connectivity index (χ1v) is 3.42. The van der Waals surface area contributed by atoms with Crippen molar-refractivity contribution in [3.05, 3.63) is 11.8 Å². The maximum atomic E-state index is 10.8. The van der Waals surface area contributed by atoms with E-state index >= 15 is 0 Å². The van der Waals surface area contributed by atoms with E-state index in [4.69, 9.17) is 4.74 Å². The number of ether oxygens (including phenoxy) is 1. The average molecular weight is 153 g/mol. The number of carbonyl (C=O) groups is 2. The van der Waals surface area contributed by atoms with Gasteiger partial charge >= 0.3 is 0 Å². The molecule has 0 aliphatic carbocycles. The predicted molar refractivity (Wildman–Crippen MR) is 35.4 cm³/mol. The summed E-state index contributed by atoms with van der Waals surface area (Å²) in [6.45, 7) is 0.461. The van der Waals surface area contributed by atoms with Crippen molar-refractivity contribution in [1.29, 1.82) is 0 Å². The maximum absolute atomic E-state index is 10.8. The molecule has 2 fully saturated rings. The quantitative estimate of drug-likeness (QED) is 0.294. The molecule has 1 atom stereocenters. The SMILES string of the molecule is O=C/C=C1\CN2C(=O)CC2O1. The number of rotatable bonds is 1. The van der Waals surface area contributed by atoms with E-state index in [-0.39, 0.29) is 12.1 Å². The van der Waals surface area contributed by atoms with Crippen LogP contribution in [0, 0.1) is 0 Å². The van der Waals surface area contributed by atoms with E-state index in [0.29, 0.717) is 25.0 Å². The molecule has 2 saturated heterocycles. The minimum absolute atomic E-state index is 0.0892. The molecule has 58 valence electrons. The van der Waals surface area contributed by atoms with Crippen LogP contribution in [0.5, 0.6) is 0 Å². The third-order valence-electron chi connectivity index (χ3n) is 1.88. The summed E-state index contributed by atoms with van der Waals surface area (Å²) in [6.07, 6.45) is 2.39. The Morgan fingerprint density at radius 2 is 2.45 bits per heavy atom. The Morgan fingerprint density at radius 1 is 1.64 bits per heavy atom. The average Bonchev–Trinajstić information content (AvgIpc) is 2.29. The second-order valence-corrected chi connectivity index (χ2v) is 2.57. The number of fused-ring (bicyclic) bond motifs is 1. The molecular weight excluding hydrogens is 146 g/mol. The molecular formula is C7H7NO3. The van der Waals surface area contributed by atoms with Crippen molar-refractivity contribution < 1.29 is 14.3 Å². The van der Waals surface area contributed by atoms with Crippen LogP contribution in [0.25, 0.3) is 0 Å². The fraction of sp³-hybridized carbons (Fsp3) is 0.429. The summed E-state index contributed by atoms with van der Waals surface area (Å²) in [5.41, 5.74) is 0. The number of allylic oxidation sites excluding steroid dienone is 1. The molecule has 2 heterocycles. The highest BCUT2D eigenvalue weighted by Gasteiger charge is 2.43. The van der Waals surface area contributed by atoms with E-state index in [9.17, 15) is 9.59 Å². The van der Waals surface area contributed by atoms with Gasteiger partial charge in [0.1, 0.15) is 12.0 Å². The second kappa shape index (κ2) is 2.08. The van der Waals surface area contributed by atoms with Gasteiger partial charge in [-0.25, -0.2) is 0 Å². The van der Waals surface area contributed by atoms with E-state index in [2.05, 4.69) is 0 Å². The Labute approximate surface area is 63.4 Å². The Kier molecular flexibility index (Phi) is 1.21. The van der Waals surface area contributed by atoms with Gasteiger partial charge in [-0.3, -0.25) is 14.5 Å². The van der Waals surface area contributed by atoms with Crippen LogP contribution in [-0.2, 0) is 14.3 Å². The van der Waals surface area contributed by atoms with Crippen LogP contribution in [0.1, 0.15) is 6.42 Å². The molecule has 0 spiro atoms. The zero-order valence-corrected chi connectivity index (χ0v) is 5.82. The lowest BCUT2D eigenvalue weighted by atomic mass is 10.2. The summed E-state index contributed by atoms with van der Waals surface area (Å²) in [6, 6.07) is 0. The monoisotopic (exact) mass is 153 g/mol. The molecule has 2 rings (SSSR count). The van der Waals surface area contributed by atoms with Gasteiger partial charge in [-0.2, -0.15) is 0 Å². The van der Waals surface area contributed by atoms with Crippen molar-refractivity contribution in [3.8, 4) is 0 Å². The molecule has 0 N–H and O–H groups in total. The van der Waals surface area contributed by atoms with Crippen LogP contribution < -0.4 is 0 Å². The molecule has 0 radical (unpaired) electrons. The lowest BCUT2D eigenvalue weighted by Crippen LogP contribution is -2.48. The third kappa shape index (κ3) is 0.824. The molecule has 11 heavy (non-hydrogen) atoms. The first kappa shape index (κ1) is 6.39. The summed E-state index contributed by atoms with van der Waals surface area (Å²) in [5, 5.41) is 0. The number of hydrogen-bond acceptors (Lipinski definition) is 3. The summed E-state index contributed by atoms with van der Waals surface area (Å²) >= 11 is 0. The van der Waals surface area contributed by atoms with Crippen molar-refractivity contribution in [1.82, 2.24) is 4.90 Å². The van der Waals surface area contributed by atoms with Crippen LogP contribution in [0.2, 0.25) is 0 Å². The minimum atomic E-state index is -0.0892. The van der Waals surface area contributed by atoms with Crippen LogP contribution in [0.3, 0.4) is 0 Å². The van der Waals surface area contributed by atoms with Crippen molar-refractivity contribution in [3.63, 3.8) is 0 Å². The Hall–Kier alpha value is -1.32. The molecule has 0 aromatic heterocycles. The van der Waals surface area contributed by atoms with Crippen LogP contribution in [0.4, 0.5) is 0 Å². The smallest absolute Gasteiger partial charge is 0.231 e. The van der Waals surface area contributed by atoms with E-state index in [0.717, 1.165) is 0 Å². The van der Waals surface area contributed by atoms with Gasteiger partial charge in [0.2, 0.25) is 5.91 Å². The second-order valence-electron chi connectivity index (χ2n) is 2.57. The first-order valence-electron chi connectivity index (χ1n) is 3.42. The fourth-order valence-electron chi connectivity index (χ4n) is 1.27. The predicted octanol–water partition coefficient (Wildman–Crippen LogP) is -0.342. The summed E-state index contributed by atoms with van der Waals surface area (Å²) < 4.78 is 5.21. The van der Waals surface area contributed by atoms with Crippen molar-refractivity contribution in [2.45, 2.75) is 12.6 Å². The molecule has 4 heteroatoms. The molecule has 4 nitrogen and oxygen atoms in total. The summed E-state index contributed by atoms with van der Waals surface area (Å²) in [4.78, 5) is 22.4. The zero-order chi connectivity index (χ0) is 7.84. The Bertz CT molecular complexity index is 246.